The van der Waals surface area contributed by atoms with Gasteiger partial charge in [0.2, 0.25) is 5.91 Å². The monoisotopic (exact) mass is 453 g/mol. The topological polar surface area (TPSA) is 86.8 Å². The highest BCUT2D eigenvalue weighted by Gasteiger charge is 2.35. The summed E-state index contributed by atoms with van der Waals surface area (Å²) in [4.78, 5) is 53.3. The van der Waals surface area contributed by atoms with Gasteiger partial charge in [-0.1, -0.05) is 30.3 Å². The van der Waals surface area contributed by atoms with Gasteiger partial charge < -0.3 is 10.2 Å². The van der Waals surface area contributed by atoms with Gasteiger partial charge >= 0.3 is 0 Å². The number of carbonyl (C=O) groups excluding carboxylic acids is 4. The smallest absolute Gasteiger partial charge is 0.261 e. The minimum absolute atomic E-state index is 0.104. The molecule has 0 saturated carbocycles. The molecule has 170 valence electrons. The number of rotatable bonds is 6. The van der Waals surface area contributed by atoms with Crippen LogP contribution in [0.2, 0.25) is 0 Å². The molecule has 0 unspecified atom stereocenters. The normalized spacial score (nSPS) is 15.1. The van der Waals surface area contributed by atoms with Crippen molar-refractivity contribution in [2.75, 3.05) is 23.3 Å². The van der Waals surface area contributed by atoms with Gasteiger partial charge in [-0.05, 0) is 60.9 Å². The summed E-state index contributed by atoms with van der Waals surface area (Å²) < 4.78 is 0. The van der Waals surface area contributed by atoms with Gasteiger partial charge in [-0.15, -0.1) is 0 Å². The van der Waals surface area contributed by atoms with Crippen molar-refractivity contribution in [3.05, 3.63) is 95.1 Å². The SMILES string of the molecule is O=C(Nc1ccc(N2CCCC2=O)cc1)c1ccc2c(c1)C(=O)N(CCc1ccccc1)C2=O. The fourth-order valence-electron chi connectivity index (χ4n) is 4.37. The second-order valence-electron chi connectivity index (χ2n) is 8.41. The average molecular weight is 453 g/mol. The molecule has 5 rings (SSSR count). The van der Waals surface area contributed by atoms with Crippen molar-refractivity contribution in [1.29, 1.82) is 0 Å². The number of benzene rings is 3. The van der Waals surface area contributed by atoms with Crippen LogP contribution < -0.4 is 10.2 Å². The predicted molar refractivity (Wildman–Crippen MR) is 128 cm³/mol. The molecule has 2 aliphatic rings. The second kappa shape index (κ2) is 8.94. The first-order valence-electron chi connectivity index (χ1n) is 11.3. The number of carbonyl (C=O) groups is 4. The Bertz CT molecular complexity index is 1280. The summed E-state index contributed by atoms with van der Waals surface area (Å²) in [6.45, 7) is 0.985. The van der Waals surface area contributed by atoms with Crippen molar-refractivity contribution in [2.45, 2.75) is 19.3 Å². The molecule has 0 bridgehead atoms. The van der Waals surface area contributed by atoms with Crippen molar-refractivity contribution >= 4 is 35.0 Å². The van der Waals surface area contributed by atoms with E-state index in [1.54, 1.807) is 35.2 Å². The molecule has 34 heavy (non-hydrogen) atoms. The van der Waals surface area contributed by atoms with Crippen LogP contribution in [0.4, 0.5) is 11.4 Å². The van der Waals surface area contributed by atoms with Gasteiger partial charge in [-0.25, -0.2) is 0 Å². The van der Waals surface area contributed by atoms with Gasteiger partial charge in [0.15, 0.2) is 0 Å². The third kappa shape index (κ3) is 4.08. The standard InChI is InChI=1S/C27H23N3O4/c31-24-7-4-15-29(24)21-11-9-20(10-12-21)28-25(32)19-8-13-22-23(17-19)27(34)30(26(22)33)16-14-18-5-2-1-3-6-18/h1-3,5-6,8-13,17H,4,7,14-16H2,(H,28,32). The van der Waals surface area contributed by atoms with Gasteiger partial charge in [-0.3, -0.25) is 24.1 Å². The number of hydrogen-bond acceptors (Lipinski definition) is 4. The molecular formula is C27H23N3O4. The molecule has 1 fully saturated rings. The van der Waals surface area contributed by atoms with E-state index < -0.39 is 0 Å². The molecule has 0 spiro atoms. The molecular weight excluding hydrogens is 430 g/mol. The summed E-state index contributed by atoms with van der Waals surface area (Å²) in [7, 11) is 0. The lowest BCUT2D eigenvalue weighted by Gasteiger charge is -2.16. The Morgan fingerprint density at radius 1 is 0.853 bits per heavy atom. The maximum Gasteiger partial charge on any atom is 0.261 e. The zero-order valence-electron chi connectivity index (χ0n) is 18.5. The summed E-state index contributed by atoms with van der Waals surface area (Å²) >= 11 is 0. The first-order chi connectivity index (χ1) is 16.5. The number of anilines is 2. The third-order valence-corrected chi connectivity index (χ3v) is 6.21. The molecule has 1 saturated heterocycles. The first kappa shape index (κ1) is 21.6. The van der Waals surface area contributed by atoms with Gasteiger partial charge in [0, 0.05) is 36.4 Å². The van der Waals surface area contributed by atoms with Crippen molar-refractivity contribution < 1.29 is 19.2 Å². The summed E-state index contributed by atoms with van der Waals surface area (Å²) in [5.74, 6) is -0.997. The quantitative estimate of drug-likeness (QED) is 0.574. The molecule has 2 heterocycles. The van der Waals surface area contributed by atoms with Crippen molar-refractivity contribution in [1.82, 2.24) is 4.90 Å². The van der Waals surface area contributed by atoms with E-state index in [1.165, 1.54) is 17.0 Å². The van der Waals surface area contributed by atoms with Gasteiger partial charge in [-0.2, -0.15) is 0 Å². The number of hydrogen-bond donors (Lipinski definition) is 1. The molecule has 0 aromatic heterocycles. The Balaban J connectivity index is 1.27. The number of nitrogens with one attached hydrogen (secondary N) is 1. The summed E-state index contributed by atoms with van der Waals surface area (Å²) in [6.07, 6.45) is 1.97. The second-order valence-corrected chi connectivity index (χ2v) is 8.41. The zero-order chi connectivity index (χ0) is 23.7. The van der Waals surface area contributed by atoms with Crippen LogP contribution in [-0.2, 0) is 11.2 Å². The number of amides is 4. The van der Waals surface area contributed by atoms with Gasteiger partial charge in [0.25, 0.3) is 17.7 Å². The Labute approximate surface area is 197 Å². The van der Waals surface area contributed by atoms with E-state index in [-0.39, 0.29) is 35.7 Å². The largest absolute Gasteiger partial charge is 0.322 e. The lowest BCUT2D eigenvalue weighted by atomic mass is 10.1. The van der Waals surface area contributed by atoms with Crippen LogP contribution in [0.1, 0.15) is 49.5 Å². The van der Waals surface area contributed by atoms with Crippen LogP contribution in [0.15, 0.2) is 72.8 Å². The van der Waals surface area contributed by atoms with Crippen molar-refractivity contribution in [3.8, 4) is 0 Å². The average Bonchev–Trinajstić information content (AvgIpc) is 3.39. The predicted octanol–water partition coefficient (Wildman–Crippen LogP) is 3.90. The highest BCUT2D eigenvalue weighted by Crippen LogP contribution is 2.26. The first-order valence-corrected chi connectivity index (χ1v) is 11.3. The molecule has 0 aliphatic carbocycles. The molecule has 3 aromatic carbocycles. The van der Waals surface area contributed by atoms with E-state index in [9.17, 15) is 19.2 Å². The Morgan fingerprint density at radius 3 is 2.29 bits per heavy atom. The molecule has 0 radical (unpaired) electrons. The highest BCUT2D eigenvalue weighted by molar-refractivity contribution is 6.22. The van der Waals surface area contributed by atoms with Crippen LogP contribution in [0.25, 0.3) is 0 Å². The van der Waals surface area contributed by atoms with E-state index in [0.717, 1.165) is 17.7 Å². The molecule has 1 N–H and O–H groups in total. The maximum absolute atomic E-state index is 12.9. The van der Waals surface area contributed by atoms with Gasteiger partial charge in [0.05, 0.1) is 11.1 Å². The molecule has 7 heteroatoms. The van der Waals surface area contributed by atoms with Crippen molar-refractivity contribution in [2.24, 2.45) is 0 Å². The van der Waals surface area contributed by atoms with E-state index >= 15 is 0 Å². The molecule has 4 amide bonds. The van der Waals surface area contributed by atoms with E-state index in [1.807, 2.05) is 30.3 Å². The minimum Gasteiger partial charge on any atom is -0.322 e. The summed E-state index contributed by atoms with van der Waals surface area (Å²) in [6, 6.07) is 21.3. The van der Waals surface area contributed by atoms with Crippen LogP contribution in [0.5, 0.6) is 0 Å². The number of nitrogens with zero attached hydrogens (tertiary/aromatic N) is 2. The van der Waals surface area contributed by atoms with E-state index in [0.29, 0.717) is 36.2 Å². The molecule has 0 atom stereocenters. The van der Waals surface area contributed by atoms with Crippen molar-refractivity contribution in [3.63, 3.8) is 0 Å². The highest BCUT2D eigenvalue weighted by atomic mass is 16.2. The number of fused-ring (bicyclic) bond motifs is 1. The van der Waals surface area contributed by atoms with Crippen LogP contribution >= 0.6 is 0 Å². The zero-order valence-corrected chi connectivity index (χ0v) is 18.5. The molecule has 3 aromatic rings. The molecule has 2 aliphatic heterocycles. The molecule has 7 nitrogen and oxygen atoms in total. The summed E-state index contributed by atoms with van der Waals surface area (Å²) in [5, 5.41) is 2.81. The lowest BCUT2D eigenvalue weighted by molar-refractivity contribution is -0.117. The fourth-order valence-corrected chi connectivity index (χ4v) is 4.37. The van der Waals surface area contributed by atoms with Crippen LogP contribution in [0, 0.1) is 0 Å². The third-order valence-electron chi connectivity index (χ3n) is 6.21. The minimum atomic E-state index is -0.384. The maximum atomic E-state index is 12.9. The Hall–Kier alpha value is -4.26. The lowest BCUT2D eigenvalue weighted by Crippen LogP contribution is -2.31. The Morgan fingerprint density at radius 2 is 1.59 bits per heavy atom. The van der Waals surface area contributed by atoms with Crippen LogP contribution in [-0.4, -0.2) is 41.6 Å². The van der Waals surface area contributed by atoms with E-state index in [4.69, 9.17) is 0 Å². The van der Waals surface area contributed by atoms with E-state index in [2.05, 4.69) is 5.32 Å². The van der Waals surface area contributed by atoms with Crippen LogP contribution in [0.3, 0.4) is 0 Å². The number of imide groups is 1. The van der Waals surface area contributed by atoms with Gasteiger partial charge in [0.1, 0.15) is 0 Å². The summed E-state index contributed by atoms with van der Waals surface area (Å²) in [5.41, 5.74) is 3.27. The Kier molecular flexibility index (Phi) is 5.67. The fraction of sp³-hybridized carbons (Fsp3) is 0.185.